The van der Waals surface area contributed by atoms with Gasteiger partial charge in [-0.05, 0) is 43.7 Å². The molecule has 0 aliphatic carbocycles. The molecule has 0 radical (unpaired) electrons. The molecule has 7 heteroatoms. The van der Waals surface area contributed by atoms with E-state index in [-0.39, 0.29) is 11.9 Å². The molecule has 0 aliphatic heterocycles. The van der Waals surface area contributed by atoms with Crippen LogP contribution in [-0.4, -0.2) is 25.0 Å². The highest BCUT2D eigenvalue weighted by atomic mass is 19.1. The summed E-state index contributed by atoms with van der Waals surface area (Å²) in [6, 6.07) is 11.0. The zero-order valence-electron chi connectivity index (χ0n) is 16.8. The Balaban J connectivity index is 1.55. The third-order valence-corrected chi connectivity index (χ3v) is 5.39. The van der Waals surface area contributed by atoms with E-state index in [9.17, 15) is 4.39 Å². The Morgan fingerprint density at radius 1 is 1.17 bits per heavy atom. The minimum absolute atomic E-state index is 0.282. The minimum atomic E-state index is -0.362. The number of rotatable bonds is 4. The summed E-state index contributed by atoms with van der Waals surface area (Å²) in [7, 11) is 1.87. The quantitative estimate of drug-likeness (QED) is 0.455. The van der Waals surface area contributed by atoms with Gasteiger partial charge in [0, 0.05) is 47.4 Å². The SMILES string of the molecule is Cc1c(F)cc2ncccc2c1C(C)Oc1ccc2[nH]nc(-c3cnn(C)c3)c2c1. The Hall–Kier alpha value is -3.74. The zero-order valence-corrected chi connectivity index (χ0v) is 16.8. The fourth-order valence-electron chi connectivity index (χ4n) is 3.94. The number of pyridine rings is 1. The number of nitrogens with one attached hydrogen (secondary N) is 1. The Morgan fingerprint density at radius 3 is 2.83 bits per heavy atom. The lowest BCUT2D eigenvalue weighted by Gasteiger charge is -2.20. The molecule has 1 N–H and O–H groups in total. The number of H-pyrrole nitrogens is 1. The van der Waals surface area contributed by atoms with Gasteiger partial charge in [-0.15, -0.1) is 0 Å². The van der Waals surface area contributed by atoms with Crippen molar-refractivity contribution in [1.29, 1.82) is 0 Å². The van der Waals surface area contributed by atoms with Crippen molar-refractivity contribution < 1.29 is 9.13 Å². The molecule has 1 atom stereocenters. The lowest BCUT2D eigenvalue weighted by atomic mass is 9.98. The van der Waals surface area contributed by atoms with E-state index in [1.54, 1.807) is 24.0 Å². The first-order valence-electron chi connectivity index (χ1n) is 9.69. The molecule has 0 aliphatic rings. The summed E-state index contributed by atoms with van der Waals surface area (Å²) in [5.41, 5.74) is 4.64. The van der Waals surface area contributed by atoms with Crippen LogP contribution in [0.1, 0.15) is 24.2 Å². The van der Waals surface area contributed by atoms with Crippen LogP contribution in [0.3, 0.4) is 0 Å². The van der Waals surface area contributed by atoms with Gasteiger partial charge in [0.2, 0.25) is 0 Å². The predicted molar refractivity (Wildman–Crippen MR) is 114 cm³/mol. The van der Waals surface area contributed by atoms with E-state index in [4.69, 9.17) is 4.74 Å². The van der Waals surface area contributed by atoms with Crippen LogP contribution in [0.4, 0.5) is 4.39 Å². The summed E-state index contributed by atoms with van der Waals surface area (Å²) < 4.78 is 22.5. The van der Waals surface area contributed by atoms with E-state index < -0.39 is 0 Å². The molecule has 5 rings (SSSR count). The number of aromatic nitrogens is 5. The third kappa shape index (κ3) is 2.99. The van der Waals surface area contributed by atoms with Crippen LogP contribution < -0.4 is 4.74 Å². The van der Waals surface area contributed by atoms with E-state index in [1.165, 1.54) is 6.07 Å². The number of benzene rings is 2. The molecule has 150 valence electrons. The Bertz CT molecular complexity index is 1390. The highest BCUT2D eigenvalue weighted by Gasteiger charge is 2.19. The summed E-state index contributed by atoms with van der Waals surface area (Å²) in [5, 5.41) is 13.5. The molecule has 0 fully saturated rings. The number of fused-ring (bicyclic) bond motifs is 2. The van der Waals surface area contributed by atoms with Crippen LogP contribution in [0, 0.1) is 12.7 Å². The maximum Gasteiger partial charge on any atom is 0.128 e. The van der Waals surface area contributed by atoms with Crippen LogP contribution >= 0.6 is 0 Å². The summed E-state index contributed by atoms with van der Waals surface area (Å²) in [5.74, 6) is 0.401. The fourth-order valence-corrected chi connectivity index (χ4v) is 3.94. The first-order valence-corrected chi connectivity index (χ1v) is 9.69. The molecule has 30 heavy (non-hydrogen) atoms. The van der Waals surface area contributed by atoms with Crippen LogP contribution in [0.5, 0.6) is 5.75 Å². The number of halogens is 1. The van der Waals surface area contributed by atoms with Crippen molar-refractivity contribution in [2.24, 2.45) is 7.05 Å². The van der Waals surface area contributed by atoms with Gasteiger partial charge in [0.1, 0.15) is 23.4 Å². The molecular formula is C23H20FN5O. The van der Waals surface area contributed by atoms with Gasteiger partial charge < -0.3 is 4.74 Å². The lowest BCUT2D eigenvalue weighted by Crippen LogP contribution is -2.07. The van der Waals surface area contributed by atoms with Gasteiger partial charge in [-0.1, -0.05) is 6.07 Å². The van der Waals surface area contributed by atoms with Gasteiger partial charge in [0.05, 0.1) is 17.2 Å². The van der Waals surface area contributed by atoms with Crippen LogP contribution in [0.15, 0.2) is 55.0 Å². The Labute approximate surface area is 172 Å². The molecule has 5 aromatic rings. The maximum atomic E-state index is 14.5. The normalized spacial score (nSPS) is 12.5. The predicted octanol–water partition coefficient (Wildman–Crippen LogP) is 5.10. The van der Waals surface area contributed by atoms with E-state index >= 15 is 0 Å². The van der Waals surface area contributed by atoms with Crippen molar-refractivity contribution in [2.75, 3.05) is 0 Å². The average molecular weight is 401 g/mol. The Morgan fingerprint density at radius 2 is 2.03 bits per heavy atom. The van der Waals surface area contributed by atoms with E-state index in [2.05, 4.69) is 20.3 Å². The van der Waals surface area contributed by atoms with Crippen molar-refractivity contribution in [3.8, 4) is 17.0 Å². The second kappa shape index (κ2) is 6.95. The van der Waals surface area contributed by atoms with Crippen LogP contribution in [0.2, 0.25) is 0 Å². The highest BCUT2D eigenvalue weighted by molar-refractivity contribution is 5.93. The van der Waals surface area contributed by atoms with E-state index in [1.807, 2.05) is 50.5 Å². The van der Waals surface area contributed by atoms with Gasteiger partial charge in [-0.3, -0.25) is 14.8 Å². The molecule has 1 unspecified atom stereocenters. The van der Waals surface area contributed by atoms with Crippen molar-refractivity contribution >= 4 is 21.8 Å². The minimum Gasteiger partial charge on any atom is -0.486 e. The standard InChI is InChI=1S/C23H20FN5O/c1-13-19(24)10-21-17(5-4-8-25-21)22(13)14(2)30-16-6-7-20-18(9-16)23(28-27-20)15-11-26-29(3)12-15/h4-12,14H,1-3H3,(H,27,28). The monoisotopic (exact) mass is 401 g/mol. The molecule has 0 saturated heterocycles. The fraction of sp³-hybridized carbons (Fsp3) is 0.174. The summed E-state index contributed by atoms with van der Waals surface area (Å²) in [6.45, 7) is 3.70. The van der Waals surface area contributed by atoms with E-state index in [0.717, 1.165) is 33.1 Å². The molecule has 0 amide bonds. The van der Waals surface area contributed by atoms with Crippen molar-refractivity contribution in [3.05, 3.63) is 71.9 Å². The second-order valence-corrected chi connectivity index (χ2v) is 7.41. The smallest absolute Gasteiger partial charge is 0.128 e. The zero-order chi connectivity index (χ0) is 20.8. The number of aryl methyl sites for hydroxylation is 1. The molecule has 2 aromatic carbocycles. The molecule has 6 nitrogen and oxygen atoms in total. The average Bonchev–Trinajstić information content (AvgIpc) is 3.34. The van der Waals surface area contributed by atoms with E-state index in [0.29, 0.717) is 16.8 Å². The van der Waals surface area contributed by atoms with Crippen LogP contribution in [0.25, 0.3) is 33.1 Å². The molecular weight excluding hydrogens is 381 g/mol. The largest absolute Gasteiger partial charge is 0.486 e. The summed E-state index contributed by atoms with van der Waals surface area (Å²) in [6.07, 6.45) is 5.00. The highest BCUT2D eigenvalue weighted by Crippen LogP contribution is 2.34. The summed E-state index contributed by atoms with van der Waals surface area (Å²) in [4.78, 5) is 4.30. The van der Waals surface area contributed by atoms with Crippen molar-refractivity contribution in [2.45, 2.75) is 20.0 Å². The third-order valence-electron chi connectivity index (χ3n) is 5.39. The first kappa shape index (κ1) is 18.3. The Kier molecular flexibility index (Phi) is 4.24. The van der Waals surface area contributed by atoms with Crippen LogP contribution in [-0.2, 0) is 7.05 Å². The second-order valence-electron chi connectivity index (χ2n) is 7.41. The van der Waals surface area contributed by atoms with Gasteiger partial charge >= 0.3 is 0 Å². The van der Waals surface area contributed by atoms with Gasteiger partial charge in [0.15, 0.2) is 0 Å². The molecule has 0 bridgehead atoms. The molecule has 0 saturated carbocycles. The number of hydrogen-bond acceptors (Lipinski definition) is 4. The number of nitrogens with zero attached hydrogens (tertiary/aromatic N) is 4. The van der Waals surface area contributed by atoms with Crippen molar-refractivity contribution in [1.82, 2.24) is 25.0 Å². The lowest BCUT2D eigenvalue weighted by molar-refractivity contribution is 0.227. The molecule has 0 spiro atoms. The summed E-state index contributed by atoms with van der Waals surface area (Å²) >= 11 is 0. The van der Waals surface area contributed by atoms with Gasteiger partial charge in [-0.2, -0.15) is 10.2 Å². The topological polar surface area (TPSA) is 68.6 Å². The molecule has 3 aromatic heterocycles. The number of hydrogen-bond donors (Lipinski definition) is 1. The number of aromatic amines is 1. The number of ether oxygens (including phenoxy) is 1. The first-order chi connectivity index (χ1) is 14.5. The van der Waals surface area contributed by atoms with Gasteiger partial charge in [0.25, 0.3) is 0 Å². The maximum absolute atomic E-state index is 14.5. The van der Waals surface area contributed by atoms with Gasteiger partial charge in [-0.25, -0.2) is 4.39 Å². The molecule has 3 heterocycles. The van der Waals surface area contributed by atoms with Crippen molar-refractivity contribution in [3.63, 3.8) is 0 Å².